The lowest BCUT2D eigenvalue weighted by atomic mass is 10.0. The molecule has 0 spiro atoms. The van der Waals surface area contributed by atoms with E-state index in [2.05, 4.69) is 20.0 Å². The van der Waals surface area contributed by atoms with Gasteiger partial charge in [0.25, 0.3) is 0 Å². The van der Waals surface area contributed by atoms with E-state index < -0.39 is 18.3 Å². The van der Waals surface area contributed by atoms with E-state index in [-0.39, 0.29) is 12.0 Å². The van der Waals surface area contributed by atoms with Gasteiger partial charge in [-0.1, -0.05) is 12.1 Å². The van der Waals surface area contributed by atoms with Crippen LogP contribution in [0, 0.1) is 6.92 Å². The van der Waals surface area contributed by atoms with Crippen LogP contribution in [0.3, 0.4) is 0 Å². The number of nitrogens with zero attached hydrogens (tertiary/aromatic N) is 2. The summed E-state index contributed by atoms with van der Waals surface area (Å²) in [5.41, 5.74) is 1.05. The van der Waals surface area contributed by atoms with Crippen LogP contribution in [0.1, 0.15) is 10.6 Å². The number of aryl methyl sites for hydroxylation is 1. The third-order valence-corrected chi connectivity index (χ3v) is 4.58. The molecule has 3 rings (SSSR count). The molecule has 2 aromatic rings. The first-order chi connectivity index (χ1) is 12.0. The molecule has 9 heteroatoms. The van der Waals surface area contributed by atoms with Gasteiger partial charge >= 0.3 is 6.09 Å². The molecule has 1 saturated heterocycles. The second kappa shape index (κ2) is 7.77. The topological polar surface area (TPSA) is 106 Å². The van der Waals surface area contributed by atoms with E-state index in [9.17, 15) is 9.90 Å². The zero-order valence-corrected chi connectivity index (χ0v) is 14.7. The minimum Gasteiger partial charge on any atom is -0.497 e. The van der Waals surface area contributed by atoms with Crippen molar-refractivity contribution in [2.45, 2.75) is 31.6 Å². The number of aliphatic hydroxyl groups is 1. The summed E-state index contributed by atoms with van der Waals surface area (Å²) in [5, 5.41) is 16.5. The quantitative estimate of drug-likeness (QED) is 0.735. The molecule has 8 nitrogen and oxygen atoms in total. The van der Waals surface area contributed by atoms with Crippen molar-refractivity contribution >= 4 is 23.6 Å². The number of amides is 1. The van der Waals surface area contributed by atoms with Crippen molar-refractivity contribution in [2.24, 2.45) is 0 Å². The van der Waals surface area contributed by atoms with E-state index in [0.29, 0.717) is 13.0 Å². The number of carbonyl (C=O) groups excluding carboxylic acids is 1. The summed E-state index contributed by atoms with van der Waals surface area (Å²) in [4.78, 5) is 16.1. The number of methoxy groups -OCH3 is 1. The van der Waals surface area contributed by atoms with Crippen molar-refractivity contribution in [2.75, 3.05) is 19.0 Å². The average molecular weight is 364 g/mol. The molecule has 134 valence electrons. The number of carbonyl (C=O) groups is 1. The lowest BCUT2D eigenvalue weighted by Crippen LogP contribution is -2.40. The first kappa shape index (κ1) is 17.6. The Bertz CT molecular complexity index is 721. The maximum Gasteiger partial charge on any atom is 0.414 e. The van der Waals surface area contributed by atoms with Crippen LogP contribution in [0.2, 0.25) is 0 Å². The molecule has 1 fully saturated rings. The lowest BCUT2D eigenvalue weighted by molar-refractivity contribution is 0.0254. The number of nitrogens with one attached hydrogen (secondary N) is 2. The first-order valence-corrected chi connectivity index (χ1v) is 8.65. The van der Waals surface area contributed by atoms with Crippen LogP contribution in [0.5, 0.6) is 5.75 Å². The van der Waals surface area contributed by atoms with Crippen molar-refractivity contribution in [3.8, 4) is 5.75 Å². The Morgan fingerprint density at radius 3 is 2.84 bits per heavy atom. The number of ether oxygens (including phenoxy) is 2. The number of aliphatic hydroxyl groups excluding tert-OH is 1. The standard InChI is InChI=1S/C16H20N4O4S/c1-9-18-15(20-25-9)19-16(22)24-14-12(17-8-13(14)21)7-10-3-5-11(23-2)6-4-10/h3-6,12-14,17,21H,7-8H2,1-2H3,(H,19,20,22)/t12-,13+,14+/m1/s1. The molecule has 1 amide bonds. The van der Waals surface area contributed by atoms with E-state index in [4.69, 9.17) is 9.47 Å². The van der Waals surface area contributed by atoms with Crippen molar-refractivity contribution in [3.63, 3.8) is 0 Å². The lowest BCUT2D eigenvalue weighted by Gasteiger charge is -2.21. The summed E-state index contributed by atoms with van der Waals surface area (Å²) in [7, 11) is 1.62. The number of benzene rings is 1. The van der Waals surface area contributed by atoms with E-state index in [0.717, 1.165) is 16.3 Å². The molecule has 1 aromatic carbocycles. The Morgan fingerprint density at radius 1 is 1.44 bits per heavy atom. The first-order valence-electron chi connectivity index (χ1n) is 7.87. The van der Waals surface area contributed by atoms with Crippen molar-refractivity contribution in [1.82, 2.24) is 14.7 Å². The molecule has 0 radical (unpaired) electrons. The molecular weight excluding hydrogens is 344 g/mol. The largest absolute Gasteiger partial charge is 0.497 e. The molecule has 25 heavy (non-hydrogen) atoms. The Hall–Kier alpha value is -2.23. The van der Waals surface area contributed by atoms with E-state index in [1.165, 1.54) is 11.5 Å². The van der Waals surface area contributed by atoms with Crippen molar-refractivity contribution in [1.29, 1.82) is 0 Å². The molecule has 0 bridgehead atoms. The Balaban J connectivity index is 1.60. The Labute approximate surface area is 149 Å². The van der Waals surface area contributed by atoms with Gasteiger partial charge in [-0.25, -0.2) is 9.78 Å². The van der Waals surface area contributed by atoms with Gasteiger partial charge in [-0.05, 0) is 42.6 Å². The van der Waals surface area contributed by atoms with Gasteiger partial charge in [0.2, 0.25) is 5.95 Å². The number of aromatic nitrogens is 2. The second-order valence-electron chi connectivity index (χ2n) is 5.77. The highest BCUT2D eigenvalue weighted by Crippen LogP contribution is 2.20. The molecular formula is C16H20N4O4S. The molecule has 0 saturated carbocycles. The van der Waals surface area contributed by atoms with Crippen LogP contribution >= 0.6 is 11.5 Å². The number of anilines is 1. The van der Waals surface area contributed by atoms with Crippen molar-refractivity contribution in [3.05, 3.63) is 34.8 Å². The fourth-order valence-corrected chi connectivity index (χ4v) is 3.16. The molecule has 1 aliphatic rings. The molecule has 0 unspecified atom stereocenters. The highest BCUT2D eigenvalue weighted by molar-refractivity contribution is 7.05. The van der Waals surface area contributed by atoms with E-state index in [1.54, 1.807) is 14.0 Å². The minimum absolute atomic E-state index is 0.181. The summed E-state index contributed by atoms with van der Waals surface area (Å²) in [6.07, 6.45) is -1.47. The van der Waals surface area contributed by atoms with Gasteiger partial charge < -0.3 is 19.9 Å². The van der Waals surface area contributed by atoms with Gasteiger partial charge in [-0.2, -0.15) is 4.37 Å². The maximum absolute atomic E-state index is 12.0. The summed E-state index contributed by atoms with van der Waals surface area (Å²) in [5.74, 6) is 0.987. The van der Waals surface area contributed by atoms with Gasteiger partial charge in [0, 0.05) is 6.54 Å². The molecule has 0 aliphatic carbocycles. The van der Waals surface area contributed by atoms with Gasteiger partial charge in [0.05, 0.1) is 13.2 Å². The van der Waals surface area contributed by atoms with Gasteiger partial charge in [0.15, 0.2) is 0 Å². The summed E-state index contributed by atoms with van der Waals surface area (Å²) < 4.78 is 14.5. The van der Waals surface area contributed by atoms with Crippen LogP contribution in [-0.4, -0.2) is 52.5 Å². The monoisotopic (exact) mass is 364 g/mol. The normalized spacial score (nSPS) is 22.6. The Kier molecular flexibility index (Phi) is 5.47. The van der Waals surface area contributed by atoms with Crippen LogP contribution < -0.4 is 15.4 Å². The number of rotatable bonds is 5. The fraction of sp³-hybridized carbons (Fsp3) is 0.438. The minimum atomic E-state index is -0.765. The van der Waals surface area contributed by atoms with Gasteiger partial charge in [-0.15, -0.1) is 0 Å². The maximum atomic E-state index is 12.0. The van der Waals surface area contributed by atoms with Crippen LogP contribution in [-0.2, 0) is 11.2 Å². The highest BCUT2D eigenvalue weighted by atomic mass is 32.1. The summed E-state index contributed by atoms with van der Waals surface area (Å²) in [6, 6.07) is 7.47. The fourth-order valence-electron chi connectivity index (χ4n) is 2.73. The highest BCUT2D eigenvalue weighted by Gasteiger charge is 2.38. The number of β-amino-alcohol motifs (C(OH)–C–C–N with tert-alkyl or cyclic N) is 1. The average Bonchev–Trinajstić information content (AvgIpc) is 3.15. The predicted molar refractivity (Wildman–Crippen MR) is 93.0 cm³/mol. The molecule has 3 atom stereocenters. The number of hydrogen-bond donors (Lipinski definition) is 3. The summed E-state index contributed by atoms with van der Waals surface area (Å²) >= 11 is 1.19. The third-order valence-electron chi connectivity index (χ3n) is 3.96. The zero-order chi connectivity index (χ0) is 17.8. The molecule has 1 aliphatic heterocycles. The third kappa shape index (κ3) is 4.44. The predicted octanol–water partition coefficient (Wildman–Crippen LogP) is 1.35. The van der Waals surface area contributed by atoms with Crippen LogP contribution in [0.15, 0.2) is 24.3 Å². The van der Waals surface area contributed by atoms with Crippen molar-refractivity contribution < 1.29 is 19.4 Å². The SMILES string of the molecule is COc1ccc(C[C@H]2NC[C@H](O)[C@H]2OC(=O)Nc2nsc(C)n2)cc1. The van der Waals surface area contributed by atoms with Gasteiger partial charge in [-0.3, -0.25) is 5.32 Å². The number of hydrogen-bond acceptors (Lipinski definition) is 8. The van der Waals surface area contributed by atoms with Crippen LogP contribution in [0.25, 0.3) is 0 Å². The zero-order valence-electron chi connectivity index (χ0n) is 13.9. The van der Waals surface area contributed by atoms with Crippen LogP contribution in [0.4, 0.5) is 10.7 Å². The summed E-state index contributed by atoms with van der Waals surface area (Å²) in [6.45, 7) is 2.16. The second-order valence-corrected chi connectivity index (χ2v) is 6.72. The van der Waals surface area contributed by atoms with E-state index in [1.807, 2.05) is 24.3 Å². The van der Waals surface area contributed by atoms with Gasteiger partial charge in [0.1, 0.15) is 23.0 Å². The smallest absolute Gasteiger partial charge is 0.414 e. The molecule has 1 aromatic heterocycles. The molecule has 2 heterocycles. The van der Waals surface area contributed by atoms with E-state index >= 15 is 0 Å². The Morgan fingerprint density at radius 2 is 2.20 bits per heavy atom. The molecule has 3 N–H and O–H groups in total.